The number of nitrogens with zero attached hydrogens (tertiary/aromatic N) is 1. The van der Waals surface area contributed by atoms with Gasteiger partial charge in [-0.25, -0.2) is 0 Å². The van der Waals surface area contributed by atoms with E-state index in [-0.39, 0.29) is 13.5 Å². The van der Waals surface area contributed by atoms with Crippen molar-refractivity contribution in [3.8, 4) is 0 Å². The fraction of sp³-hybridized carbons (Fsp3) is 1.00. The second kappa shape index (κ2) is 4.70. The summed E-state index contributed by atoms with van der Waals surface area (Å²) in [7, 11) is 0. The summed E-state index contributed by atoms with van der Waals surface area (Å²) < 4.78 is 0. The fourth-order valence-corrected chi connectivity index (χ4v) is 1.72. The van der Waals surface area contributed by atoms with Gasteiger partial charge in [0.2, 0.25) is 0 Å². The summed E-state index contributed by atoms with van der Waals surface area (Å²) in [5, 5.41) is 17.7. The van der Waals surface area contributed by atoms with E-state index < -0.39 is 0 Å². The Bertz CT molecular complexity index is 98.3. The van der Waals surface area contributed by atoms with Crippen LogP contribution in [-0.4, -0.2) is 34.6 Å². The topological polar surface area (TPSA) is 43.7 Å². The molecule has 1 rings (SSSR count). The molecule has 1 aliphatic rings. The van der Waals surface area contributed by atoms with Gasteiger partial charge >= 0.3 is 0 Å². The standard InChI is InChI=1S/C8H17NO2/c10-6-9(7-11)8-4-2-1-3-5-8/h8,10-11H,1-7H2. The van der Waals surface area contributed by atoms with Crippen molar-refractivity contribution < 1.29 is 10.2 Å². The van der Waals surface area contributed by atoms with Crippen LogP contribution >= 0.6 is 0 Å². The highest BCUT2D eigenvalue weighted by Gasteiger charge is 2.18. The van der Waals surface area contributed by atoms with Crippen molar-refractivity contribution >= 4 is 0 Å². The highest BCUT2D eigenvalue weighted by Crippen LogP contribution is 2.21. The maximum absolute atomic E-state index is 8.84. The lowest BCUT2D eigenvalue weighted by Crippen LogP contribution is -2.38. The zero-order valence-corrected chi connectivity index (χ0v) is 6.87. The summed E-state index contributed by atoms with van der Waals surface area (Å²) in [6.45, 7) is -0.0255. The van der Waals surface area contributed by atoms with Crippen LogP contribution in [0.2, 0.25) is 0 Å². The smallest absolute Gasteiger partial charge is 0.0976 e. The molecule has 0 amide bonds. The molecular weight excluding hydrogens is 142 g/mol. The molecule has 1 aliphatic carbocycles. The second-order valence-corrected chi connectivity index (χ2v) is 3.16. The number of hydrogen-bond acceptors (Lipinski definition) is 3. The Balaban J connectivity index is 2.30. The molecule has 0 aromatic carbocycles. The van der Waals surface area contributed by atoms with Crippen LogP contribution in [-0.2, 0) is 0 Å². The van der Waals surface area contributed by atoms with Gasteiger partial charge in [0.05, 0.1) is 13.5 Å². The third-order valence-corrected chi connectivity index (χ3v) is 2.45. The monoisotopic (exact) mass is 159 g/mol. The molecule has 0 bridgehead atoms. The molecule has 0 unspecified atom stereocenters. The minimum absolute atomic E-state index is 0.0127. The van der Waals surface area contributed by atoms with Crippen molar-refractivity contribution in [2.75, 3.05) is 13.5 Å². The maximum Gasteiger partial charge on any atom is 0.0976 e. The molecule has 11 heavy (non-hydrogen) atoms. The second-order valence-electron chi connectivity index (χ2n) is 3.16. The first kappa shape index (κ1) is 8.97. The van der Waals surface area contributed by atoms with Crippen molar-refractivity contribution in [2.24, 2.45) is 0 Å². The van der Waals surface area contributed by atoms with Crippen molar-refractivity contribution in [1.82, 2.24) is 4.90 Å². The molecule has 0 heterocycles. The zero-order chi connectivity index (χ0) is 8.10. The van der Waals surface area contributed by atoms with E-state index in [1.54, 1.807) is 4.90 Å². The molecule has 0 atom stereocenters. The molecular formula is C8H17NO2. The number of rotatable bonds is 3. The van der Waals surface area contributed by atoms with Crippen molar-refractivity contribution in [3.63, 3.8) is 0 Å². The van der Waals surface area contributed by atoms with Gasteiger partial charge in [-0.3, -0.25) is 4.90 Å². The largest absolute Gasteiger partial charge is 0.381 e. The lowest BCUT2D eigenvalue weighted by atomic mass is 9.95. The van der Waals surface area contributed by atoms with Crippen LogP contribution in [0.3, 0.4) is 0 Å². The lowest BCUT2D eigenvalue weighted by Gasteiger charge is -2.30. The Kier molecular flexibility index (Phi) is 3.83. The van der Waals surface area contributed by atoms with E-state index in [9.17, 15) is 0 Å². The summed E-state index contributed by atoms with van der Waals surface area (Å²) in [5.41, 5.74) is 0. The molecule has 0 saturated heterocycles. The number of hydrogen-bond donors (Lipinski definition) is 2. The van der Waals surface area contributed by atoms with E-state index in [1.165, 1.54) is 19.3 Å². The zero-order valence-electron chi connectivity index (χ0n) is 6.87. The van der Waals surface area contributed by atoms with Gasteiger partial charge in [0.1, 0.15) is 0 Å². The average Bonchev–Trinajstić information content (AvgIpc) is 2.09. The Morgan fingerprint density at radius 2 is 1.55 bits per heavy atom. The average molecular weight is 159 g/mol. The molecule has 0 aliphatic heterocycles. The third-order valence-electron chi connectivity index (χ3n) is 2.45. The fourth-order valence-electron chi connectivity index (χ4n) is 1.72. The van der Waals surface area contributed by atoms with Crippen molar-refractivity contribution in [1.29, 1.82) is 0 Å². The van der Waals surface area contributed by atoms with Crippen LogP contribution in [0.15, 0.2) is 0 Å². The predicted molar refractivity (Wildman–Crippen MR) is 42.9 cm³/mol. The first-order valence-corrected chi connectivity index (χ1v) is 4.34. The Morgan fingerprint density at radius 3 is 2.00 bits per heavy atom. The van der Waals surface area contributed by atoms with Gasteiger partial charge in [-0.2, -0.15) is 0 Å². The molecule has 66 valence electrons. The summed E-state index contributed by atoms with van der Waals surface area (Å²) in [6, 6.07) is 0.416. The van der Waals surface area contributed by atoms with Gasteiger partial charge in [-0.1, -0.05) is 19.3 Å². The van der Waals surface area contributed by atoms with E-state index in [0.29, 0.717) is 6.04 Å². The third kappa shape index (κ3) is 2.43. The molecule has 3 nitrogen and oxygen atoms in total. The van der Waals surface area contributed by atoms with Gasteiger partial charge in [0, 0.05) is 6.04 Å². The normalized spacial score (nSPS) is 21.0. The highest BCUT2D eigenvalue weighted by atomic mass is 16.3. The van der Waals surface area contributed by atoms with Crippen LogP contribution in [0.4, 0.5) is 0 Å². The summed E-state index contributed by atoms with van der Waals surface area (Å²) in [4.78, 5) is 1.72. The van der Waals surface area contributed by atoms with Gasteiger partial charge in [0.25, 0.3) is 0 Å². The number of aliphatic hydroxyl groups is 2. The maximum atomic E-state index is 8.84. The van der Waals surface area contributed by atoms with E-state index in [1.807, 2.05) is 0 Å². The molecule has 0 radical (unpaired) electrons. The van der Waals surface area contributed by atoms with E-state index in [4.69, 9.17) is 10.2 Å². The van der Waals surface area contributed by atoms with E-state index >= 15 is 0 Å². The molecule has 1 saturated carbocycles. The van der Waals surface area contributed by atoms with Gasteiger partial charge in [-0.05, 0) is 12.8 Å². The Morgan fingerprint density at radius 1 is 1.00 bits per heavy atom. The van der Waals surface area contributed by atoms with Crippen LogP contribution < -0.4 is 0 Å². The summed E-state index contributed by atoms with van der Waals surface area (Å²) in [6.07, 6.45) is 6.03. The van der Waals surface area contributed by atoms with E-state index in [2.05, 4.69) is 0 Å². The molecule has 2 N–H and O–H groups in total. The van der Waals surface area contributed by atoms with E-state index in [0.717, 1.165) is 12.8 Å². The van der Waals surface area contributed by atoms with Crippen LogP contribution in [0.1, 0.15) is 32.1 Å². The lowest BCUT2D eigenvalue weighted by molar-refractivity contribution is -0.0134. The highest BCUT2D eigenvalue weighted by molar-refractivity contribution is 4.72. The van der Waals surface area contributed by atoms with Gasteiger partial charge < -0.3 is 10.2 Å². The molecule has 0 spiro atoms. The molecule has 1 fully saturated rings. The van der Waals surface area contributed by atoms with Crippen molar-refractivity contribution in [3.05, 3.63) is 0 Å². The van der Waals surface area contributed by atoms with Crippen LogP contribution in [0.25, 0.3) is 0 Å². The van der Waals surface area contributed by atoms with Gasteiger partial charge in [-0.15, -0.1) is 0 Å². The molecule has 3 heteroatoms. The molecule has 0 aromatic heterocycles. The Hall–Kier alpha value is -0.120. The van der Waals surface area contributed by atoms with Crippen molar-refractivity contribution in [2.45, 2.75) is 38.1 Å². The van der Waals surface area contributed by atoms with Crippen LogP contribution in [0.5, 0.6) is 0 Å². The SMILES string of the molecule is OCN(CO)C1CCCCC1. The predicted octanol–water partition coefficient (Wildman–Crippen LogP) is 0.521. The summed E-state index contributed by atoms with van der Waals surface area (Å²) >= 11 is 0. The number of aliphatic hydroxyl groups excluding tert-OH is 2. The Labute approximate surface area is 67.6 Å². The molecule has 0 aromatic rings. The minimum atomic E-state index is -0.0127. The first-order valence-electron chi connectivity index (χ1n) is 4.34. The first-order chi connectivity index (χ1) is 5.38. The minimum Gasteiger partial charge on any atom is -0.381 e. The van der Waals surface area contributed by atoms with Gasteiger partial charge in [0.15, 0.2) is 0 Å². The quantitative estimate of drug-likeness (QED) is 0.590. The summed E-state index contributed by atoms with van der Waals surface area (Å²) in [5.74, 6) is 0. The van der Waals surface area contributed by atoms with Crippen LogP contribution in [0, 0.1) is 0 Å².